The van der Waals surface area contributed by atoms with E-state index in [0.717, 1.165) is 19.3 Å². The first kappa shape index (κ1) is 23.7. The van der Waals surface area contributed by atoms with Gasteiger partial charge in [-0.1, -0.05) is 29.8 Å². The number of nitrogens with one attached hydrogen (secondary N) is 2. The number of rotatable bonds is 7. The Kier molecular flexibility index (Phi) is 8.69. The number of amides is 3. The van der Waals surface area contributed by atoms with Gasteiger partial charge in [-0.05, 0) is 52.5 Å². The fraction of sp³-hybridized carbons (Fsp3) is 0.609. The molecule has 0 radical (unpaired) electrons. The maximum absolute atomic E-state index is 12.3. The molecule has 30 heavy (non-hydrogen) atoms. The largest absolute Gasteiger partial charge is 0.444 e. The summed E-state index contributed by atoms with van der Waals surface area (Å²) in [7, 11) is 0. The quantitative estimate of drug-likeness (QED) is 0.714. The van der Waals surface area contributed by atoms with Crippen molar-refractivity contribution in [3.05, 3.63) is 35.4 Å². The summed E-state index contributed by atoms with van der Waals surface area (Å²) in [4.78, 5) is 38.0. The number of carbonyl (C=O) groups excluding carboxylic acids is 3. The van der Waals surface area contributed by atoms with E-state index in [1.807, 2.05) is 25.1 Å². The summed E-state index contributed by atoms with van der Waals surface area (Å²) in [6, 6.07) is 8.32. The standard InChI is InChI=1S/C23H35N3O4/c1-17-6-5-7-18(16-17)8-9-20(27)25-19-11-14-26(15-12-19)21(28)10-13-24-22(29)30-23(2,3)4/h5-7,16,19H,8-15H2,1-4H3,(H,24,29)(H,25,27). The van der Waals surface area contributed by atoms with Crippen molar-refractivity contribution >= 4 is 17.9 Å². The van der Waals surface area contributed by atoms with Crippen LogP contribution in [-0.2, 0) is 20.7 Å². The van der Waals surface area contributed by atoms with Crippen LogP contribution in [0, 0.1) is 6.92 Å². The third-order valence-corrected chi connectivity index (χ3v) is 4.94. The summed E-state index contributed by atoms with van der Waals surface area (Å²) in [5.74, 6) is 0.0677. The van der Waals surface area contributed by atoms with E-state index in [2.05, 4.69) is 16.7 Å². The fourth-order valence-corrected chi connectivity index (χ4v) is 3.44. The summed E-state index contributed by atoms with van der Waals surface area (Å²) in [6.07, 6.45) is 2.44. The van der Waals surface area contributed by atoms with Gasteiger partial charge in [0.25, 0.3) is 0 Å². The Balaban J connectivity index is 1.62. The van der Waals surface area contributed by atoms with Crippen molar-refractivity contribution in [1.29, 1.82) is 0 Å². The van der Waals surface area contributed by atoms with Crippen molar-refractivity contribution < 1.29 is 19.1 Å². The minimum atomic E-state index is -0.555. The summed E-state index contributed by atoms with van der Waals surface area (Å²) < 4.78 is 5.15. The van der Waals surface area contributed by atoms with Crippen LogP contribution in [0.4, 0.5) is 4.79 Å². The topological polar surface area (TPSA) is 87.7 Å². The first-order valence-corrected chi connectivity index (χ1v) is 10.7. The molecule has 0 unspecified atom stereocenters. The average molecular weight is 418 g/mol. The molecule has 1 aliphatic rings. The summed E-state index contributed by atoms with van der Waals surface area (Å²) in [5, 5.41) is 5.70. The number of hydrogen-bond donors (Lipinski definition) is 2. The number of carbonyl (C=O) groups is 3. The highest BCUT2D eigenvalue weighted by Crippen LogP contribution is 2.13. The van der Waals surface area contributed by atoms with Crippen molar-refractivity contribution in [2.75, 3.05) is 19.6 Å². The molecular formula is C23H35N3O4. The van der Waals surface area contributed by atoms with E-state index in [1.54, 1.807) is 25.7 Å². The van der Waals surface area contributed by atoms with Gasteiger partial charge in [-0.2, -0.15) is 0 Å². The number of alkyl carbamates (subject to hydrolysis) is 1. The SMILES string of the molecule is Cc1cccc(CCC(=O)NC2CCN(C(=O)CCNC(=O)OC(C)(C)C)CC2)c1. The number of nitrogens with zero attached hydrogens (tertiary/aromatic N) is 1. The smallest absolute Gasteiger partial charge is 0.407 e. The summed E-state index contributed by atoms with van der Waals surface area (Å²) in [5.41, 5.74) is 1.82. The van der Waals surface area contributed by atoms with E-state index < -0.39 is 11.7 Å². The van der Waals surface area contributed by atoms with Gasteiger partial charge in [-0.15, -0.1) is 0 Å². The number of hydrogen-bond acceptors (Lipinski definition) is 4. The molecule has 1 aliphatic heterocycles. The van der Waals surface area contributed by atoms with Crippen LogP contribution in [0.2, 0.25) is 0 Å². The van der Waals surface area contributed by atoms with Crippen LogP contribution < -0.4 is 10.6 Å². The predicted molar refractivity (Wildman–Crippen MR) is 116 cm³/mol. The molecule has 1 aromatic rings. The minimum absolute atomic E-state index is 0.00952. The van der Waals surface area contributed by atoms with Crippen molar-refractivity contribution in [1.82, 2.24) is 15.5 Å². The molecule has 0 aliphatic carbocycles. The van der Waals surface area contributed by atoms with Crippen molar-refractivity contribution in [3.8, 4) is 0 Å². The Morgan fingerprint density at radius 1 is 1.13 bits per heavy atom. The van der Waals surface area contributed by atoms with Gasteiger partial charge in [0, 0.05) is 38.5 Å². The molecular weight excluding hydrogens is 382 g/mol. The second-order valence-electron chi connectivity index (χ2n) is 8.89. The molecule has 0 spiro atoms. The predicted octanol–water partition coefficient (Wildman–Crippen LogP) is 2.95. The van der Waals surface area contributed by atoms with Gasteiger partial charge < -0.3 is 20.3 Å². The van der Waals surface area contributed by atoms with E-state index in [-0.39, 0.29) is 30.8 Å². The molecule has 7 nitrogen and oxygen atoms in total. The highest BCUT2D eigenvalue weighted by atomic mass is 16.6. The Hall–Kier alpha value is -2.57. The number of piperidine rings is 1. The Bertz CT molecular complexity index is 734. The molecule has 1 saturated heterocycles. The maximum atomic E-state index is 12.3. The Morgan fingerprint density at radius 3 is 2.47 bits per heavy atom. The highest BCUT2D eigenvalue weighted by Gasteiger charge is 2.24. The molecule has 0 bridgehead atoms. The zero-order valence-electron chi connectivity index (χ0n) is 18.6. The normalized spacial score (nSPS) is 14.9. The number of aryl methyl sites for hydroxylation is 2. The van der Waals surface area contributed by atoms with Crippen LogP contribution in [0.1, 0.15) is 57.6 Å². The molecule has 0 saturated carbocycles. The fourth-order valence-electron chi connectivity index (χ4n) is 3.44. The van der Waals surface area contributed by atoms with Gasteiger partial charge >= 0.3 is 6.09 Å². The monoisotopic (exact) mass is 417 g/mol. The number of benzene rings is 1. The van der Waals surface area contributed by atoms with Crippen molar-refractivity contribution in [3.63, 3.8) is 0 Å². The Morgan fingerprint density at radius 2 is 1.83 bits per heavy atom. The van der Waals surface area contributed by atoms with Crippen LogP contribution in [-0.4, -0.2) is 54.1 Å². The lowest BCUT2D eigenvalue weighted by Gasteiger charge is -2.32. The molecule has 2 rings (SSSR count). The number of likely N-dealkylation sites (tertiary alicyclic amines) is 1. The lowest BCUT2D eigenvalue weighted by molar-refractivity contribution is -0.132. The van der Waals surface area contributed by atoms with Gasteiger partial charge in [0.05, 0.1) is 0 Å². The van der Waals surface area contributed by atoms with Crippen LogP contribution in [0.15, 0.2) is 24.3 Å². The van der Waals surface area contributed by atoms with E-state index in [4.69, 9.17) is 4.74 Å². The molecule has 3 amide bonds. The summed E-state index contributed by atoms with van der Waals surface area (Å²) in [6.45, 7) is 8.92. The van der Waals surface area contributed by atoms with Crippen molar-refractivity contribution in [2.45, 2.75) is 71.4 Å². The van der Waals surface area contributed by atoms with Gasteiger partial charge in [0.15, 0.2) is 0 Å². The zero-order valence-corrected chi connectivity index (χ0v) is 18.6. The van der Waals surface area contributed by atoms with Crippen LogP contribution >= 0.6 is 0 Å². The maximum Gasteiger partial charge on any atom is 0.407 e. The van der Waals surface area contributed by atoms with Gasteiger partial charge in [0.1, 0.15) is 5.60 Å². The van der Waals surface area contributed by atoms with Crippen molar-refractivity contribution in [2.24, 2.45) is 0 Å². The molecule has 1 heterocycles. The van der Waals surface area contributed by atoms with E-state index in [1.165, 1.54) is 11.1 Å². The molecule has 1 aromatic carbocycles. The summed E-state index contributed by atoms with van der Waals surface area (Å²) >= 11 is 0. The first-order valence-electron chi connectivity index (χ1n) is 10.7. The lowest BCUT2D eigenvalue weighted by atomic mass is 10.0. The molecule has 0 atom stereocenters. The third kappa shape index (κ3) is 8.84. The highest BCUT2D eigenvalue weighted by molar-refractivity contribution is 5.78. The molecule has 7 heteroatoms. The van der Waals surface area contributed by atoms with Gasteiger partial charge in [-0.3, -0.25) is 9.59 Å². The lowest BCUT2D eigenvalue weighted by Crippen LogP contribution is -2.47. The molecule has 166 valence electrons. The average Bonchev–Trinajstić information content (AvgIpc) is 2.65. The van der Waals surface area contributed by atoms with Crippen LogP contribution in [0.25, 0.3) is 0 Å². The minimum Gasteiger partial charge on any atom is -0.444 e. The second kappa shape index (κ2) is 11.0. The third-order valence-electron chi connectivity index (χ3n) is 4.94. The zero-order chi connectivity index (χ0) is 22.1. The van der Waals surface area contributed by atoms with E-state index >= 15 is 0 Å². The van der Waals surface area contributed by atoms with Gasteiger partial charge in [0.2, 0.25) is 11.8 Å². The first-order chi connectivity index (χ1) is 14.1. The van der Waals surface area contributed by atoms with Gasteiger partial charge in [-0.25, -0.2) is 4.79 Å². The molecule has 0 aromatic heterocycles. The molecule has 2 N–H and O–H groups in total. The number of ether oxygens (including phenoxy) is 1. The Labute approximate surface area is 179 Å². The van der Waals surface area contributed by atoms with E-state index in [9.17, 15) is 14.4 Å². The van der Waals surface area contributed by atoms with Crippen LogP contribution in [0.3, 0.4) is 0 Å². The molecule has 1 fully saturated rings. The van der Waals surface area contributed by atoms with Crippen LogP contribution in [0.5, 0.6) is 0 Å². The second-order valence-corrected chi connectivity index (χ2v) is 8.89. The van der Waals surface area contributed by atoms with E-state index in [0.29, 0.717) is 19.5 Å².